The van der Waals surface area contributed by atoms with Crippen molar-refractivity contribution in [1.29, 1.82) is 0 Å². The van der Waals surface area contributed by atoms with E-state index in [1.54, 1.807) is 13.1 Å². The van der Waals surface area contributed by atoms with Gasteiger partial charge < -0.3 is 20.7 Å². The first-order valence-electron chi connectivity index (χ1n) is 9.27. The minimum absolute atomic E-state index is 0.0937. The number of guanidine groups is 1. The predicted molar refractivity (Wildman–Crippen MR) is 107 cm³/mol. The average molecular weight is 366 g/mol. The van der Waals surface area contributed by atoms with Gasteiger partial charge in [0.15, 0.2) is 5.96 Å². The van der Waals surface area contributed by atoms with Gasteiger partial charge in [-0.25, -0.2) is 4.99 Å². The highest BCUT2D eigenvalue weighted by molar-refractivity contribution is 5.94. The van der Waals surface area contributed by atoms with Crippen molar-refractivity contribution in [3.05, 3.63) is 65.2 Å². The second kappa shape index (κ2) is 9.07. The number of nitrogens with one attached hydrogen (secondary N) is 3. The number of benzene rings is 2. The summed E-state index contributed by atoms with van der Waals surface area (Å²) in [5.74, 6) is 1.61. The Morgan fingerprint density at radius 2 is 2.04 bits per heavy atom. The van der Waals surface area contributed by atoms with Gasteiger partial charge in [-0.05, 0) is 36.2 Å². The summed E-state index contributed by atoms with van der Waals surface area (Å²) in [7, 11) is 1.63. The van der Waals surface area contributed by atoms with Gasteiger partial charge in [-0.1, -0.05) is 30.3 Å². The Bertz CT molecular complexity index is 794. The lowest BCUT2D eigenvalue weighted by Crippen LogP contribution is -2.42. The monoisotopic (exact) mass is 366 g/mol. The zero-order chi connectivity index (χ0) is 19.1. The standard InChI is InChI=1S/C21H26N4O2/c1-3-23-21(24-13-15-7-6-9-17(11-15)20(26)22-2)25-14-18-12-16-8-4-5-10-19(16)27-18/h4-11,18H,3,12-14H2,1-2H3,(H,22,26)(H2,23,24,25). The van der Waals surface area contributed by atoms with Crippen LogP contribution < -0.4 is 20.7 Å². The van der Waals surface area contributed by atoms with E-state index in [-0.39, 0.29) is 12.0 Å². The first-order chi connectivity index (χ1) is 13.2. The first kappa shape index (κ1) is 18.8. The fourth-order valence-corrected chi connectivity index (χ4v) is 3.05. The van der Waals surface area contributed by atoms with Crippen molar-refractivity contribution >= 4 is 11.9 Å². The first-order valence-corrected chi connectivity index (χ1v) is 9.27. The van der Waals surface area contributed by atoms with Crippen molar-refractivity contribution in [3.63, 3.8) is 0 Å². The molecule has 0 spiro atoms. The van der Waals surface area contributed by atoms with E-state index in [4.69, 9.17) is 4.74 Å². The molecular weight excluding hydrogens is 340 g/mol. The van der Waals surface area contributed by atoms with Crippen LogP contribution in [0, 0.1) is 0 Å². The van der Waals surface area contributed by atoms with E-state index in [1.807, 2.05) is 43.3 Å². The lowest BCUT2D eigenvalue weighted by molar-refractivity contribution is 0.0963. The van der Waals surface area contributed by atoms with Gasteiger partial charge >= 0.3 is 0 Å². The zero-order valence-electron chi connectivity index (χ0n) is 15.8. The molecule has 0 aliphatic carbocycles. The highest BCUT2D eigenvalue weighted by Gasteiger charge is 2.22. The Labute approximate surface area is 160 Å². The van der Waals surface area contributed by atoms with Gasteiger partial charge in [0.25, 0.3) is 5.91 Å². The molecule has 6 heteroatoms. The molecule has 0 aromatic heterocycles. The molecule has 0 saturated heterocycles. The van der Waals surface area contributed by atoms with Crippen molar-refractivity contribution in [2.75, 3.05) is 20.1 Å². The largest absolute Gasteiger partial charge is 0.488 e. The highest BCUT2D eigenvalue weighted by Crippen LogP contribution is 2.27. The second-order valence-corrected chi connectivity index (χ2v) is 6.41. The van der Waals surface area contributed by atoms with Gasteiger partial charge in [-0.15, -0.1) is 0 Å². The molecule has 1 aliphatic rings. The Balaban J connectivity index is 1.58. The third-order valence-electron chi connectivity index (χ3n) is 4.39. The number of hydrogen-bond acceptors (Lipinski definition) is 3. The Kier molecular flexibility index (Phi) is 6.30. The van der Waals surface area contributed by atoms with Crippen LogP contribution in [0.25, 0.3) is 0 Å². The molecule has 1 atom stereocenters. The summed E-state index contributed by atoms with van der Waals surface area (Å²) in [6.07, 6.45) is 0.999. The molecule has 6 nitrogen and oxygen atoms in total. The molecule has 1 unspecified atom stereocenters. The molecule has 0 radical (unpaired) electrons. The third kappa shape index (κ3) is 5.00. The number of hydrogen-bond donors (Lipinski definition) is 3. The van der Waals surface area contributed by atoms with Crippen molar-refractivity contribution in [1.82, 2.24) is 16.0 Å². The molecule has 3 rings (SSSR count). The van der Waals surface area contributed by atoms with Gasteiger partial charge in [-0.3, -0.25) is 4.79 Å². The van der Waals surface area contributed by atoms with Crippen LogP contribution in [0.15, 0.2) is 53.5 Å². The number of aliphatic imine (C=N–C) groups is 1. The number of amides is 1. The number of para-hydroxylation sites is 1. The smallest absolute Gasteiger partial charge is 0.251 e. The number of ether oxygens (including phenoxy) is 1. The molecule has 1 amide bonds. The Morgan fingerprint density at radius 1 is 1.19 bits per heavy atom. The summed E-state index contributed by atoms with van der Waals surface area (Å²) in [5, 5.41) is 9.24. The van der Waals surface area contributed by atoms with E-state index in [9.17, 15) is 4.79 Å². The van der Waals surface area contributed by atoms with Gasteiger partial charge in [0, 0.05) is 25.6 Å². The number of carbonyl (C=O) groups is 1. The molecule has 2 aromatic rings. The second-order valence-electron chi connectivity index (χ2n) is 6.41. The van der Waals surface area contributed by atoms with E-state index in [2.05, 4.69) is 27.0 Å². The Morgan fingerprint density at radius 3 is 2.81 bits per heavy atom. The van der Waals surface area contributed by atoms with Gasteiger partial charge in [0.05, 0.1) is 13.1 Å². The molecule has 142 valence electrons. The third-order valence-corrected chi connectivity index (χ3v) is 4.39. The fraction of sp³-hybridized carbons (Fsp3) is 0.333. The molecule has 0 bridgehead atoms. The number of nitrogens with zero attached hydrogens (tertiary/aromatic N) is 1. The molecule has 27 heavy (non-hydrogen) atoms. The zero-order valence-corrected chi connectivity index (χ0v) is 15.8. The summed E-state index contributed by atoms with van der Waals surface area (Å²) in [5.41, 5.74) is 2.87. The number of fused-ring (bicyclic) bond motifs is 1. The number of rotatable bonds is 6. The van der Waals surface area contributed by atoms with E-state index < -0.39 is 0 Å². The summed E-state index contributed by atoms with van der Waals surface area (Å²) < 4.78 is 5.96. The van der Waals surface area contributed by atoms with E-state index in [1.165, 1.54) is 5.56 Å². The van der Waals surface area contributed by atoms with Crippen molar-refractivity contribution in [3.8, 4) is 5.75 Å². The van der Waals surface area contributed by atoms with Crippen LogP contribution >= 0.6 is 0 Å². The summed E-state index contributed by atoms with van der Waals surface area (Å²) in [6.45, 7) is 3.98. The fourth-order valence-electron chi connectivity index (χ4n) is 3.05. The van der Waals surface area contributed by atoms with Crippen LogP contribution in [0.4, 0.5) is 0 Å². The molecule has 1 aliphatic heterocycles. The number of carbonyl (C=O) groups excluding carboxylic acids is 1. The Hall–Kier alpha value is -3.02. The predicted octanol–water partition coefficient (Wildman–Crippen LogP) is 2.10. The maximum absolute atomic E-state index is 11.8. The van der Waals surface area contributed by atoms with Gasteiger partial charge in [0.2, 0.25) is 0 Å². The van der Waals surface area contributed by atoms with Crippen LogP contribution in [0.1, 0.15) is 28.4 Å². The molecular formula is C21H26N4O2. The maximum atomic E-state index is 11.8. The normalized spacial score (nSPS) is 15.6. The van der Waals surface area contributed by atoms with Crippen molar-refractivity contribution in [2.45, 2.75) is 26.0 Å². The van der Waals surface area contributed by atoms with E-state index in [0.717, 1.165) is 30.2 Å². The minimum atomic E-state index is -0.0937. The topological polar surface area (TPSA) is 74.8 Å². The lowest BCUT2D eigenvalue weighted by Gasteiger charge is -2.15. The summed E-state index contributed by atoms with van der Waals surface area (Å²) in [4.78, 5) is 16.4. The molecule has 1 heterocycles. The van der Waals surface area contributed by atoms with Crippen LogP contribution in [-0.2, 0) is 13.0 Å². The van der Waals surface area contributed by atoms with E-state index >= 15 is 0 Å². The SMILES string of the molecule is CCNC(=NCc1cccc(C(=O)NC)c1)NCC1Cc2ccccc2O1. The van der Waals surface area contributed by atoms with E-state index in [0.29, 0.717) is 18.7 Å². The summed E-state index contributed by atoms with van der Waals surface area (Å²) in [6, 6.07) is 15.6. The van der Waals surface area contributed by atoms with Crippen LogP contribution in [0.3, 0.4) is 0 Å². The lowest BCUT2D eigenvalue weighted by atomic mass is 10.1. The molecule has 0 fully saturated rings. The van der Waals surface area contributed by atoms with Crippen LogP contribution in [0.5, 0.6) is 5.75 Å². The molecule has 3 N–H and O–H groups in total. The maximum Gasteiger partial charge on any atom is 0.251 e. The van der Waals surface area contributed by atoms with Gasteiger partial charge in [0.1, 0.15) is 11.9 Å². The molecule has 0 saturated carbocycles. The quantitative estimate of drug-likeness (QED) is 0.541. The highest BCUT2D eigenvalue weighted by atomic mass is 16.5. The van der Waals surface area contributed by atoms with Crippen molar-refractivity contribution < 1.29 is 9.53 Å². The summed E-state index contributed by atoms with van der Waals surface area (Å²) >= 11 is 0. The van der Waals surface area contributed by atoms with Crippen LogP contribution in [-0.4, -0.2) is 38.1 Å². The molecule has 2 aromatic carbocycles. The van der Waals surface area contributed by atoms with Crippen molar-refractivity contribution in [2.24, 2.45) is 4.99 Å². The minimum Gasteiger partial charge on any atom is -0.488 e. The average Bonchev–Trinajstić information content (AvgIpc) is 3.12. The van der Waals surface area contributed by atoms with Gasteiger partial charge in [-0.2, -0.15) is 0 Å². The van der Waals surface area contributed by atoms with Crippen LogP contribution in [0.2, 0.25) is 0 Å².